The first-order valence-corrected chi connectivity index (χ1v) is 2.68. The second-order valence-corrected chi connectivity index (χ2v) is 1.49. The molecule has 0 radical (unpaired) electrons. The second kappa shape index (κ2) is 5.17. The van der Waals surface area contributed by atoms with Crippen molar-refractivity contribution in [2.24, 2.45) is 22.4 Å². The molecule has 5 heteroatoms. The molecule has 0 aliphatic rings. The Balaban J connectivity index is 3.00. The molecule has 54 valence electrons. The maximum absolute atomic E-state index is 5.15. The Morgan fingerprint density at radius 1 is 1.44 bits per heavy atom. The third kappa shape index (κ3) is 7.03. The first-order valence-electron chi connectivity index (χ1n) is 2.68. The van der Waals surface area contributed by atoms with Crippen LogP contribution in [0, 0.1) is 0 Å². The molecule has 0 aromatic heterocycles. The van der Waals surface area contributed by atoms with Crippen LogP contribution < -0.4 is 17.2 Å². The minimum absolute atomic E-state index is 0.0629. The van der Waals surface area contributed by atoms with Crippen molar-refractivity contribution in [2.45, 2.75) is 6.42 Å². The van der Waals surface area contributed by atoms with Crippen LogP contribution in [0.1, 0.15) is 6.42 Å². The van der Waals surface area contributed by atoms with E-state index in [0.29, 0.717) is 13.2 Å². The zero-order chi connectivity index (χ0) is 7.11. The van der Waals surface area contributed by atoms with Gasteiger partial charge in [-0.2, -0.15) is 0 Å². The van der Waals surface area contributed by atoms with E-state index in [0.717, 1.165) is 6.42 Å². The summed E-state index contributed by atoms with van der Waals surface area (Å²) in [6.07, 6.45) is 0.761. The zero-order valence-electron chi connectivity index (χ0n) is 5.21. The summed E-state index contributed by atoms with van der Waals surface area (Å²) in [6, 6.07) is 0. The molecule has 0 atom stereocenters. The molecule has 0 aliphatic carbocycles. The van der Waals surface area contributed by atoms with Gasteiger partial charge in [0.1, 0.15) is 6.61 Å². The van der Waals surface area contributed by atoms with Crippen molar-refractivity contribution < 1.29 is 4.84 Å². The van der Waals surface area contributed by atoms with E-state index in [4.69, 9.17) is 17.2 Å². The molecule has 0 bridgehead atoms. The molecule has 0 fully saturated rings. The van der Waals surface area contributed by atoms with Gasteiger partial charge < -0.3 is 22.0 Å². The van der Waals surface area contributed by atoms with Crippen LogP contribution in [-0.2, 0) is 4.84 Å². The van der Waals surface area contributed by atoms with Gasteiger partial charge in [0.15, 0.2) is 0 Å². The summed E-state index contributed by atoms with van der Waals surface area (Å²) in [6.45, 7) is 1.05. The SMILES string of the molecule is NCCCON=C(N)N. The first-order chi connectivity index (χ1) is 4.27. The molecule has 0 aromatic rings. The third-order valence-corrected chi connectivity index (χ3v) is 0.610. The van der Waals surface area contributed by atoms with Crippen molar-refractivity contribution in [2.75, 3.05) is 13.2 Å². The van der Waals surface area contributed by atoms with Crippen molar-refractivity contribution in [3.05, 3.63) is 0 Å². The van der Waals surface area contributed by atoms with Crippen molar-refractivity contribution in [3.63, 3.8) is 0 Å². The van der Waals surface area contributed by atoms with Gasteiger partial charge in [0.25, 0.3) is 0 Å². The normalized spacial score (nSPS) is 8.56. The lowest BCUT2D eigenvalue weighted by Crippen LogP contribution is -2.23. The monoisotopic (exact) mass is 132 g/mol. The number of rotatable bonds is 4. The van der Waals surface area contributed by atoms with E-state index in [-0.39, 0.29) is 5.96 Å². The Labute approximate surface area is 53.8 Å². The predicted molar refractivity (Wildman–Crippen MR) is 35.4 cm³/mol. The highest BCUT2D eigenvalue weighted by atomic mass is 16.6. The maximum Gasteiger partial charge on any atom is 0.228 e. The molecule has 6 N–H and O–H groups in total. The number of nitrogens with zero attached hydrogens (tertiary/aromatic N) is 1. The fourth-order valence-electron chi connectivity index (χ4n) is 0.268. The second-order valence-electron chi connectivity index (χ2n) is 1.49. The number of guanidine groups is 1. The fourth-order valence-corrected chi connectivity index (χ4v) is 0.268. The molecule has 0 saturated carbocycles. The van der Waals surface area contributed by atoms with Crippen LogP contribution >= 0.6 is 0 Å². The molecule has 0 amide bonds. The number of hydrogen-bond acceptors (Lipinski definition) is 3. The summed E-state index contributed by atoms with van der Waals surface area (Å²) in [5.41, 5.74) is 15.0. The van der Waals surface area contributed by atoms with Gasteiger partial charge in [0.05, 0.1) is 0 Å². The van der Waals surface area contributed by atoms with E-state index in [1.165, 1.54) is 0 Å². The van der Waals surface area contributed by atoms with Crippen LogP contribution in [0.4, 0.5) is 0 Å². The van der Waals surface area contributed by atoms with Gasteiger partial charge in [-0.1, -0.05) is 0 Å². The highest BCUT2D eigenvalue weighted by Crippen LogP contribution is 1.78. The predicted octanol–water partition coefficient (Wildman–Crippen LogP) is -1.46. The van der Waals surface area contributed by atoms with E-state index in [1.54, 1.807) is 0 Å². The first kappa shape index (κ1) is 8.03. The highest BCUT2D eigenvalue weighted by Gasteiger charge is 1.82. The summed E-state index contributed by atoms with van der Waals surface area (Å²) >= 11 is 0. The molecule has 0 aliphatic heterocycles. The van der Waals surface area contributed by atoms with Gasteiger partial charge in [0, 0.05) is 0 Å². The Bertz CT molecular complexity index is 88.6. The van der Waals surface area contributed by atoms with Crippen LogP contribution in [0.5, 0.6) is 0 Å². The van der Waals surface area contributed by atoms with E-state index in [2.05, 4.69) is 9.99 Å². The molecule has 0 unspecified atom stereocenters. The molecular weight excluding hydrogens is 120 g/mol. The van der Waals surface area contributed by atoms with Gasteiger partial charge in [-0.25, -0.2) is 0 Å². The van der Waals surface area contributed by atoms with E-state index in [9.17, 15) is 0 Å². The number of hydrogen-bond donors (Lipinski definition) is 3. The Kier molecular flexibility index (Phi) is 4.61. The lowest BCUT2D eigenvalue weighted by atomic mass is 10.5. The Morgan fingerprint density at radius 3 is 2.56 bits per heavy atom. The summed E-state index contributed by atoms with van der Waals surface area (Å²) < 4.78 is 0. The van der Waals surface area contributed by atoms with Gasteiger partial charge >= 0.3 is 0 Å². The molecule has 0 saturated heterocycles. The van der Waals surface area contributed by atoms with Crippen molar-refractivity contribution in [1.82, 2.24) is 0 Å². The average Bonchev–Trinajstić information content (AvgIpc) is 1.80. The van der Waals surface area contributed by atoms with Crippen LogP contribution in [0.15, 0.2) is 5.16 Å². The zero-order valence-corrected chi connectivity index (χ0v) is 5.21. The topological polar surface area (TPSA) is 99.6 Å². The summed E-state index contributed by atoms with van der Waals surface area (Å²) in [7, 11) is 0. The largest absolute Gasteiger partial charge is 0.393 e. The Hall–Kier alpha value is -0.970. The van der Waals surface area contributed by atoms with Crippen molar-refractivity contribution >= 4 is 5.96 Å². The summed E-state index contributed by atoms with van der Waals surface area (Å²) in [5, 5.41) is 3.28. The fraction of sp³-hybridized carbons (Fsp3) is 0.750. The van der Waals surface area contributed by atoms with E-state index in [1.807, 2.05) is 0 Å². The van der Waals surface area contributed by atoms with Crippen LogP contribution in [0.25, 0.3) is 0 Å². The van der Waals surface area contributed by atoms with Gasteiger partial charge in [-0.15, -0.1) is 0 Å². The van der Waals surface area contributed by atoms with Gasteiger partial charge in [-0.05, 0) is 18.1 Å². The maximum atomic E-state index is 5.15. The third-order valence-electron chi connectivity index (χ3n) is 0.610. The van der Waals surface area contributed by atoms with Crippen molar-refractivity contribution in [3.8, 4) is 0 Å². The Morgan fingerprint density at radius 2 is 2.11 bits per heavy atom. The standard InChI is InChI=1S/C4H12N4O/c5-2-1-3-9-8-4(6)7/h1-3,5H2,(H4,6,7,8). The molecule has 0 aromatic carbocycles. The highest BCUT2D eigenvalue weighted by molar-refractivity contribution is 5.74. The van der Waals surface area contributed by atoms with Crippen molar-refractivity contribution in [1.29, 1.82) is 0 Å². The van der Waals surface area contributed by atoms with Crippen LogP contribution in [0.3, 0.4) is 0 Å². The van der Waals surface area contributed by atoms with Crippen LogP contribution in [0.2, 0.25) is 0 Å². The molecule has 9 heavy (non-hydrogen) atoms. The molecular formula is C4H12N4O. The lowest BCUT2D eigenvalue weighted by molar-refractivity contribution is 0.142. The van der Waals surface area contributed by atoms with E-state index < -0.39 is 0 Å². The number of oxime groups is 1. The van der Waals surface area contributed by atoms with Crippen LogP contribution in [-0.4, -0.2) is 19.1 Å². The van der Waals surface area contributed by atoms with Gasteiger partial charge in [0.2, 0.25) is 5.96 Å². The summed E-state index contributed by atoms with van der Waals surface area (Å²) in [5.74, 6) is -0.0629. The minimum Gasteiger partial charge on any atom is -0.393 e. The lowest BCUT2D eigenvalue weighted by Gasteiger charge is -1.95. The average molecular weight is 132 g/mol. The quantitative estimate of drug-likeness (QED) is 0.188. The molecule has 5 nitrogen and oxygen atoms in total. The molecule has 0 spiro atoms. The summed E-state index contributed by atoms with van der Waals surface area (Å²) in [4.78, 5) is 4.59. The smallest absolute Gasteiger partial charge is 0.228 e. The molecule has 0 rings (SSSR count). The number of nitrogens with two attached hydrogens (primary N) is 3. The molecule has 0 heterocycles. The van der Waals surface area contributed by atoms with E-state index >= 15 is 0 Å². The van der Waals surface area contributed by atoms with Gasteiger partial charge in [-0.3, -0.25) is 0 Å². The minimum atomic E-state index is -0.0629.